The molecule has 7 heteroatoms. The van der Waals surface area contributed by atoms with Gasteiger partial charge < -0.3 is 15.2 Å². The van der Waals surface area contributed by atoms with Crippen LogP contribution in [0, 0.1) is 11.8 Å². The van der Waals surface area contributed by atoms with E-state index in [2.05, 4.69) is 42.8 Å². The van der Waals surface area contributed by atoms with E-state index >= 15 is 0 Å². The van der Waals surface area contributed by atoms with Gasteiger partial charge in [-0.1, -0.05) is 207 Å². The summed E-state index contributed by atoms with van der Waals surface area (Å²) in [6.07, 6.45) is 50.9. The fourth-order valence-corrected chi connectivity index (χ4v) is 10.5. The second kappa shape index (κ2) is 47.9. The molecule has 1 aliphatic carbocycles. The van der Waals surface area contributed by atoms with E-state index in [0.717, 1.165) is 77.8 Å². The Balaban J connectivity index is 2.45. The molecule has 1 saturated carbocycles. The van der Waals surface area contributed by atoms with Gasteiger partial charge in [0.15, 0.2) is 0 Å². The quantitative estimate of drug-likeness (QED) is 0.0467. The van der Waals surface area contributed by atoms with Gasteiger partial charge in [-0.3, -0.25) is 19.4 Å². The number of aliphatic hydroxyl groups excluding tert-OH is 1. The second-order valence-electron chi connectivity index (χ2n) is 21.0. The van der Waals surface area contributed by atoms with E-state index in [9.17, 15) is 14.7 Å². The van der Waals surface area contributed by atoms with Gasteiger partial charge in [0, 0.05) is 45.1 Å². The molecule has 65 heavy (non-hydrogen) atoms. The molecule has 1 rings (SSSR count). The number of amides is 1. The molecule has 0 unspecified atom stereocenters. The number of rotatable bonds is 50. The van der Waals surface area contributed by atoms with Crippen LogP contribution in [-0.2, 0) is 14.3 Å². The Morgan fingerprint density at radius 1 is 0.492 bits per heavy atom. The molecule has 386 valence electrons. The molecule has 0 heterocycles. The number of aliphatic hydroxyl groups is 1. The molecule has 0 atom stereocenters. The lowest BCUT2D eigenvalue weighted by Crippen LogP contribution is -2.43. The van der Waals surface area contributed by atoms with Crippen molar-refractivity contribution >= 4 is 11.9 Å². The number of esters is 1. The van der Waals surface area contributed by atoms with Crippen LogP contribution < -0.4 is 5.32 Å². The first-order chi connectivity index (χ1) is 32.0. The maximum absolute atomic E-state index is 13.1. The van der Waals surface area contributed by atoms with Gasteiger partial charge in [0.2, 0.25) is 5.91 Å². The summed E-state index contributed by atoms with van der Waals surface area (Å²) >= 11 is 0. The Bertz CT molecular complexity index is 973. The van der Waals surface area contributed by atoms with Gasteiger partial charge >= 0.3 is 5.97 Å². The number of nitrogens with one attached hydrogen (secondary N) is 1. The van der Waals surface area contributed by atoms with E-state index in [0.29, 0.717) is 30.9 Å². The molecule has 0 spiro atoms. The van der Waals surface area contributed by atoms with E-state index in [1.165, 1.54) is 218 Å². The number of ether oxygens (including phenoxy) is 1. The van der Waals surface area contributed by atoms with Crippen LogP contribution in [0.3, 0.4) is 0 Å². The van der Waals surface area contributed by atoms with Gasteiger partial charge in [-0.15, -0.1) is 0 Å². The molecular formula is C58H115N3O4. The molecule has 0 aromatic rings. The first kappa shape index (κ1) is 61.8. The van der Waals surface area contributed by atoms with Crippen molar-refractivity contribution in [3.05, 3.63) is 0 Å². The summed E-state index contributed by atoms with van der Waals surface area (Å²) in [6.45, 7) is 15.6. The summed E-state index contributed by atoms with van der Waals surface area (Å²) in [7, 11) is 0. The van der Waals surface area contributed by atoms with Crippen molar-refractivity contribution in [1.29, 1.82) is 0 Å². The number of nitrogens with zero attached hydrogens (tertiary/aromatic N) is 2. The van der Waals surface area contributed by atoms with Gasteiger partial charge in [0.1, 0.15) is 0 Å². The van der Waals surface area contributed by atoms with E-state index in [1.807, 2.05) is 0 Å². The summed E-state index contributed by atoms with van der Waals surface area (Å²) in [5, 5.41) is 13.3. The van der Waals surface area contributed by atoms with Gasteiger partial charge in [-0.2, -0.15) is 0 Å². The number of unbranched alkanes of at least 4 members (excludes halogenated alkanes) is 24. The van der Waals surface area contributed by atoms with Crippen molar-refractivity contribution in [3.8, 4) is 0 Å². The predicted octanol–water partition coefficient (Wildman–Crippen LogP) is 15.9. The number of hydrogen-bond acceptors (Lipinski definition) is 6. The van der Waals surface area contributed by atoms with Crippen LogP contribution >= 0.6 is 0 Å². The molecule has 0 aliphatic heterocycles. The fourth-order valence-electron chi connectivity index (χ4n) is 10.5. The highest BCUT2D eigenvalue weighted by molar-refractivity contribution is 5.76. The van der Waals surface area contributed by atoms with Gasteiger partial charge in [0.05, 0.1) is 13.2 Å². The highest BCUT2D eigenvalue weighted by Gasteiger charge is 2.22. The Hall–Kier alpha value is -1.18. The van der Waals surface area contributed by atoms with Crippen LogP contribution in [0.5, 0.6) is 0 Å². The minimum absolute atomic E-state index is 0.0164. The van der Waals surface area contributed by atoms with Gasteiger partial charge in [0.25, 0.3) is 0 Å². The van der Waals surface area contributed by atoms with Gasteiger partial charge in [-0.25, -0.2) is 0 Å². The summed E-state index contributed by atoms with van der Waals surface area (Å²) in [6, 6.07) is 0.681. The standard InChI is InChI=1S/C58H115N3O4/c1-5-9-13-17-21-28-38-54(39-29-22-18-14-10-6-2)52-57(63)59-44-34-26-36-46-61(56-42-32-25-33-43-56)48-47-60(49-50-62)45-35-27-37-51-65-58(64)53-55(40-30-23-19-15-11-7-3)41-31-24-20-16-12-8-4/h54-56,62H,5-53H2,1-4H3,(H,59,63). The molecule has 2 N–H and O–H groups in total. The minimum atomic E-state index is 0.0164. The number of hydrogen-bond donors (Lipinski definition) is 2. The SMILES string of the molecule is CCCCCCCCC(CCCCCCCC)CC(=O)NCCCCCN(CCN(CCO)CCCCCOC(=O)CC(CCCCCCCC)CCCCCCCC)C1CCCCC1. The highest BCUT2D eigenvalue weighted by atomic mass is 16.5. The van der Waals surface area contributed by atoms with Crippen molar-refractivity contribution in [3.63, 3.8) is 0 Å². The van der Waals surface area contributed by atoms with Gasteiger partial charge in [-0.05, 0) is 95.6 Å². The van der Waals surface area contributed by atoms with E-state index in [4.69, 9.17) is 4.74 Å². The summed E-state index contributed by atoms with van der Waals surface area (Å²) in [5.41, 5.74) is 0. The molecular weight excluding hydrogens is 803 g/mol. The van der Waals surface area contributed by atoms with Crippen LogP contribution in [0.1, 0.15) is 291 Å². The zero-order chi connectivity index (χ0) is 47.1. The third-order valence-electron chi connectivity index (χ3n) is 14.8. The molecule has 0 aromatic heterocycles. The van der Waals surface area contributed by atoms with Crippen LogP contribution in [0.25, 0.3) is 0 Å². The maximum Gasteiger partial charge on any atom is 0.306 e. The first-order valence-corrected chi connectivity index (χ1v) is 29.5. The number of carbonyl (C=O) groups is 2. The predicted molar refractivity (Wildman–Crippen MR) is 282 cm³/mol. The summed E-state index contributed by atoms with van der Waals surface area (Å²) in [4.78, 5) is 31.3. The highest BCUT2D eigenvalue weighted by Crippen LogP contribution is 2.25. The van der Waals surface area contributed by atoms with Crippen LogP contribution in [0.15, 0.2) is 0 Å². The second-order valence-corrected chi connectivity index (χ2v) is 21.0. The van der Waals surface area contributed by atoms with E-state index in [-0.39, 0.29) is 18.5 Å². The zero-order valence-corrected chi connectivity index (χ0v) is 44.4. The van der Waals surface area contributed by atoms with Crippen molar-refractivity contribution in [2.75, 3.05) is 52.5 Å². The molecule has 0 aromatic carbocycles. The summed E-state index contributed by atoms with van der Waals surface area (Å²) < 4.78 is 5.81. The van der Waals surface area contributed by atoms with Crippen LogP contribution in [0.2, 0.25) is 0 Å². The fraction of sp³-hybridized carbons (Fsp3) is 0.966. The monoisotopic (exact) mass is 918 g/mol. The van der Waals surface area contributed by atoms with Crippen LogP contribution in [0.4, 0.5) is 0 Å². The topological polar surface area (TPSA) is 82.1 Å². The Kier molecular flexibility index (Phi) is 45.5. The lowest BCUT2D eigenvalue weighted by atomic mass is 9.91. The average Bonchev–Trinajstić information content (AvgIpc) is 3.31. The van der Waals surface area contributed by atoms with Crippen molar-refractivity contribution in [1.82, 2.24) is 15.1 Å². The summed E-state index contributed by atoms with van der Waals surface area (Å²) in [5.74, 6) is 1.33. The molecule has 0 bridgehead atoms. The lowest BCUT2D eigenvalue weighted by molar-refractivity contribution is -0.145. The third-order valence-corrected chi connectivity index (χ3v) is 14.8. The Labute approximate surface area is 406 Å². The molecule has 0 radical (unpaired) electrons. The largest absolute Gasteiger partial charge is 0.466 e. The first-order valence-electron chi connectivity index (χ1n) is 29.5. The van der Waals surface area contributed by atoms with Crippen LogP contribution in [-0.4, -0.2) is 85.3 Å². The molecule has 0 saturated heterocycles. The Morgan fingerprint density at radius 3 is 1.45 bits per heavy atom. The minimum Gasteiger partial charge on any atom is -0.466 e. The maximum atomic E-state index is 13.1. The molecule has 1 aliphatic rings. The zero-order valence-electron chi connectivity index (χ0n) is 44.4. The van der Waals surface area contributed by atoms with E-state index in [1.54, 1.807) is 0 Å². The lowest BCUT2D eigenvalue weighted by Gasteiger charge is -2.36. The molecule has 7 nitrogen and oxygen atoms in total. The number of carbonyl (C=O) groups excluding carboxylic acids is 2. The Morgan fingerprint density at radius 2 is 0.938 bits per heavy atom. The van der Waals surface area contributed by atoms with Crippen molar-refractivity contribution < 1.29 is 19.4 Å². The molecule has 1 amide bonds. The van der Waals surface area contributed by atoms with Crippen molar-refractivity contribution in [2.45, 2.75) is 297 Å². The van der Waals surface area contributed by atoms with E-state index < -0.39 is 0 Å². The molecule has 1 fully saturated rings. The smallest absolute Gasteiger partial charge is 0.306 e. The third kappa shape index (κ3) is 39.4. The van der Waals surface area contributed by atoms with Crippen molar-refractivity contribution in [2.24, 2.45) is 11.8 Å². The average molecular weight is 919 g/mol. The normalized spacial score (nSPS) is 13.6.